The van der Waals surface area contributed by atoms with Crippen molar-refractivity contribution in [1.82, 2.24) is 9.55 Å². The van der Waals surface area contributed by atoms with Gasteiger partial charge in [-0.2, -0.15) is 4.40 Å². The summed E-state index contributed by atoms with van der Waals surface area (Å²) in [4.78, 5) is 4.83. The van der Waals surface area contributed by atoms with Crippen LogP contribution in [0.25, 0.3) is 11.0 Å². The first-order chi connectivity index (χ1) is 13.4. The van der Waals surface area contributed by atoms with E-state index in [-0.39, 0.29) is 5.25 Å². The van der Waals surface area contributed by atoms with E-state index in [0.717, 1.165) is 46.8 Å². The second-order valence-electron chi connectivity index (χ2n) is 7.02. The molecule has 0 radical (unpaired) electrons. The van der Waals surface area contributed by atoms with Gasteiger partial charge in [-0.25, -0.2) is 9.19 Å². The van der Waals surface area contributed by atoms with Gasteiger partial charge in [0, 0.05) is 13.0 Å². The number of hydrogen-bond acceptors (Lipinski definition) is 3. The summed E-state index contributed by atoms with van der Waals surface area (Å²) in [6.45, 7) is 8.59. The number of rotatable bonds is 7. The second kappa shape index (κ2) is 8.69. The highest BCUT2D eigenvalue weighted by Crippen LogP contribution is 2.22. The molecule has 6 heteroatoms. The molecule has 0 unspecified atom stereocenters. The fraction of sp³-hybridized carbons (Fsp3) is 0.364. The average molecular weight is 398 g/mol. The summed E-state index contributed by atoms with van der Waals surface area (Å²) in [5.74, 6) is 1.90. The molecular weight excluding hydrogens is 370 g/mol. The average Bonchev–Trinajstić information content (AvgIpc) is 3.05. The van der Waals surface area contributed by atoms with Gasteiger partial charge in [-0.15, -0.1) is 0 Å². The highest BCUT2D eigenvalue weighted by Gasteiger charge is 2.12. The van der Waals surface area contributed by atoms with Crippen molar-refractivity contribution in [2.75, 3.05) is 7.11 Å². The van der Waals surface area contributed by atoms with E-state index in [1.807, 2.05) is 45.0 Å². The SMILES string of the molecule is CCc1nc2cc(/C(C)=N/[S@](=O)C(C)C)ccc2n1Cc1ccc(OC)cc1. The maximum absolute atomic E-state index is 12.0. The van der Waals surface area contributed by atoms with Gasteiger partial charge in [-0.1, -0.05) is 25.1 Å². The number of benzene rings is 2. The molecule has 5 nitrogen and oxygen atoms in total. The summed E-state index contributed by atoms with van der Waals surface area (Å²) in [5, 5.41) is 0.00841. The molecule has 2 aromatic carbocycles. The van der Waals surface area contributed by atoms with Crippen molar-refractivity contribution in [3.63, 3.8) is 0 Å². The zero-order valence-corrected chi connectivity index (χ0v) is 17.9. The molecule has 0 aliphatic rings. The van der Waals surface area contributed by atoms with Gasteiger partial charge in [-0.05, 0) is 56.2 Å². The Kier molecular flexibility index (Phi) is 6.29. The van der Waals surface area contributed by atoms with Crippen molar-refractivity contribution in [3.8, 4) is 5.75 Å². The Morgan fingerprint density at radius 3 is 2.54 bits per heavy atom. The normalized spacial score (nSPS) is 13.3. The van der Waals surface area contributed by atoms with E-state index in [4.69, 9.17) is 9.72 Å². The van der Waals surface area contributed by atoms with Crippen LogP contribution in [-0.2, 0) is 24.0 Å². The van der Waals surface area contributed by atoms with Gasteiger partial charge in [0.15, 0.2) is 0 Å². The molecule has 0 N–H and O–H groups in total. The van der Waals surface area contributed by atoms with E-state index < -0.39 is 11.0 Å². The molecule has 1 aromatic heterocycles. The lowest BCUT2D eigenvalue weighted by atomic mass is 10.1. The molecule has 0 bridgehead atoms. The van der Waals surface area contributed by atoms with Crippen LogP contribution in [0.15, 0.2) is 46.9 Å². The van der Waals surface area contributed by atoms with Crippen LogP contribution in [0.1, 0.15) is 44.6 Å². The summed E-state index contributed by atoms with van der Waals surface area (Å²) in [5.41, 5.74) is 4.96. The van der Waals surface area contributed by atoms with Crippen LogP contribution in [0.4, 0.5) is 0 Å². The van der Waals surface area contributed by atoms with Crippen molar-refractivity contribution in [1.29, 1.82) is 0 Å². The molecular formula is C22H27N3O2S. The predicted molar refractivity (Wildman–Crippen MR) is 117 cm³/mol. The standard InChI is InChI=1S/C22H27N3O2S/c1-6-22-23-20-13-18(16(4)24-28(26)15(2)3)9-12-21(20)25(22)14-17-7-10-19(27-5)11-8-17/h7-13,15H,6,14H2,1-5H3/b24-16+/t28-/m1/s1. The van der Waals surface area contributed by atoms with Crippen molar-refractivity contribution in [2.24, 2.45) is 4.40 Å². The summed E-state index contributed by atoms with van der Waals surface area (Å²) in [6, 6.07) is 14.3. The Bertz CT molecular complexity index is 1020. The molecule has 3 rings (SSSR count). The van der Waals surface area contributed by atoms with E-state index in [2.05, 4.69) is 34.1 Å². The van der Waals surface area contributed by atoms with E-state index >= 15 is 0 Å². The number of imidazole rings is 1. The number of methoxy groups -OCH3 is 1. The topological polar surface area (TPSA) is 56.5 Å². The lowest BCUT2D eigenvalue weighted by Crippen LogP contribution is -2.06. The Labute approximate surface area is 169 Å². The van der Waals surface area contributed by atoms with E-state index in [1.165, 1.54) is 5.56 Å². The van der Waals surface area contributed by atoms with Gasteiger partial charge in [0.2, 0.25) is 0 Å². The minimum atomic E-state index is -1.21. The van der Waals surface area contributed by atoms with Gasteiger partial charge in [0.1, 0.15) is 22.6 Å². The van der Waals surface area contributed by atoms with Gasteiger partial charge in [0.05, 0.1) is 29.1 Å². The number of aryl methyl sites for hydroxylation is 1. The lowest BCUT2D eigenvalue weighted by Gasteiger charge is -2.09. The molecule has 0 saturated heterocycles. The molecule has 0 spiro atoms. The molecule has 3 aromatic rings. The lowest BCUT2D eigenvalue weighted by molar-refractivity contribution is 0.414. The van der Waals surface area contributed by atoms with Crippen molar-refractivity contribution in [3.05, 3.63) is 59.4 Å². The molecule has 28 heavy (non-hydrogen) atoms. The number of aromatic nitrogens is 2. The first kappa shape index (κ1) is 20.3. The van der Waals surface area contributed by atoms with Gasteiger partial charge < -0.3 is 9.30 Å². The zero-order valence-electron chi connectivity index (χ0n) is 17.1. The molecule has 0 aliphatic carbocycles. The first-order valence-electron chi connectivity index (χ1n) is 9.51. The van der Waals surface area contributed by atoms with Crippen LogP contribution < -0.4 is 4.74 Å². The highest BCUT2D eigenvalue weighted by molar-refractivity contribution is 7.84. The zero-order chi connectivity index (χ0) is 20.3. The van der Waals surface area contributed by atoms with Gasteiger partial charge in [-0.3, -0.25) is 0 Å². The van der Waals surface area contributed by atoms with Crippen LogP contribution in [-0.4, -0.2) is 31.8 Å². The monoisotopic (exact) mass is 397 g/mol. The molecule has 148 valence electrons. The Morgan fingerprint density at radius 1 is 1.21 bits per heavy atom. The highest BCUT2D eigenvalue weighted by atomic mass is 32.2. The largest absolute Gasteiger partial charge is 0.497 e. The molecule has 0 aliphatic heterocycles. The van der Waals surface area contributed by atoms with Crippen LogP contribution in [0, 0.1) is 0 Å². The predicted octanol–water partition coefficient (Wildman–Crippen LogP) is 4.54. The van der Waals surface area contributed by atoms with E-state index in [9.17, 15) is 4.21 Å². The third-order valence-electron chi connectivity index (χ3n) is 4.69. The van der Waals surface area contributed by atoms with Crippen LogP contribution in [0.2, 0.25) is 0 Å². The molecule has 1 heterocycles. The fourth-order valence-electron chi connectivity index (χ4n) is 3.06. The molecule has 0 amide bonds. The molecule has 1 atom stereocenters. The minimum Gasteiger partial charge on any atom is -0.497 e. The van der Waals surface area contributed by atoms with Crippen LogP contribution in [0.3, 0.4) is 0 Å². The summed E-state index contributed by atoms with van der Waals surface area (Å²) >= 11 is 0. The summed E-state index contributed by atoms with van der Waals surface area (Å²) < 4.78 is 23.9. The van der Waals surface area contributed by atoms with Crippen molar-refractivity contribution < 1.29 is 8.95 Å². The number of fused-ring (bicyclic) bond motifs is 1. The number of nitrogens with zero attached hydrogens (tertiary/aromatic N) is 3. The summed E-state index contributed by atoms with van der Waals surface area (Å²) in [7, 11) is 0.460. The summed E-state index contributed by atoms with van der Waals surface area (Å²) in [6.07, 6.45) is 0.852. The van der Waals surface area contributed by atoms with Crippen LogP contribution >= 0.6 is 0 Å². The molecule has 0 saturated carbocycles. The smallest absolute Gasteiger partial charge is 0.142 e. The fourth-order valence-corrected chi connectivity index (χ4v) is 3.64. The maximum atomic E-state index is 12.0. The first-order valence-corrected chi connectivity index (χ1v) is 10.7. The Balaban J connectivity index is 1.96. The number of hydrogen-bond donors (Lipinski definition) is 0. The number of ether oxygens (including phenoxy) is 1. The van der Waals surface area contributed by atoms with E-state index in [1.54, 1.807) is 7.11 Å². The third kappa shape index (κ3) is 4.33. The molecule has 0 fully saturated rings. The van der Waals surface area contributed by atoms with Crippen molar-refractivity contribution >= 4 is 27.7 Å². The Morgan fingerprint density at radius 2 is 1.93 bits per heavy atom. The minimum absolute atomic E-state index is 0.00841. The van der Waals surface area contributed by atoms with Gasteiger partial charge in [0.25, 0.3) is 0 Å². The van der Waals surface area contributed by atoms with Crippen LogP contribution in [0.5, 0.6) is 5.75 Å². The van der Waals surface area contributed by atoms with E-state index in [0.29, 0.717) is 0 Å². The second-order valence-corrected chi connectivity index (χ2v) is 8.70. The van der Waals surface area contributed by atoms with Gasteiger partial charge >= 0.3 is 0 Å². The Hall–Kier alpha value is -2.47. The maximum Gasteiger partial charge on any atom is 0.142 e. The third-order valence-corrected chi connectivity index (χ3v) is 5.95. The van der Waals surface area contributed by atoms with Crippen molar-refractivity contribution in [2.45, 2.75) is 45.9 Å². The quantitative estimate of drug-likeness (QED) is 0.550.